The van der Waals surface area contributed by atoms with E-state index in [4.69, 9.17) is 5.73 Å². The van der Waals surface area contributed by atoms with Crippen LogP contribution in [-0.2, 0) is 0 Å². The molecule has 0 amide bonds. The summed E-state index contributed by atoms with van der Waals surface area (Å²) in [5.41, 5.74) is 7.52. The minimum atomic E-state index is 0.438. The Morgan fingerprint density at radius 3 is 2.60 bits per heavy atom. The van der Waals surface area contributed by atoms with E-state index in [-0.39, 0.29) is 0 Å². The van der Waals surface area contributed by atoms with Crippen molar-refractivity contribution in [3.63, 3.8) is 0 Å². The van der Waals surface area contributed by atoms with Gasteiger partial charge in [0.2, 0.25) is 0 Å². The van der Waals surface area contributed by atoms with Crippen molar-refractivity contribution in [1.82, 2.24) is 14.8 Å². The van der Waals surface area contributed by atoms with Crippen LogP contribution in [0.25, 0.3) is 5.69 Å². The highest BCUT2D eigenvalue weighted by molar-refractivity contribution is 5.36. The van der Waals surface area contributed by atoms with E-state index in [1.54, 1.807) is 12.3 Å². The number of rotatable bonds is 2. The van der Waals surface area contributed by atoms with Gasteiger partial charge in [-0.2, -0.15) is 5.10 Å². The van der Waals surface area contributed by atoms with E-state index >= 15 is 0 Å². The molecule has 0 aromatic carbocycles. The summed E-state index contributed by atoms with van der Waals surface area (Å²) >= 11 is 0. The molecule has 2 aromatic rings. The lowest BCUT2D eigenvalue weighted by Gasteiger charge is -2.01. The number of nitrogens with zero attached hydrogens (tertiary/aromatic N) is 3. The van der Waals surface area contributed by atoms with E-state index in [9.17, 15) is 0 Å². The number of nitrogen functional groups attached to an aromatic ring is 1. The zero-order valence-corrected chi connectivity index (χ0v) is 8.88. The van der Waals surface area contributed by atoms with Gasteiger partial charge in [0.25, 0.3) is 0 Å². The predicted molar refractivity (Wildman–Crippen MR) is 59.9 cm³/mol. The minimum Gasteiger partial charge on any atom is -0.384 e. The third kappa shape index (κ3) is 1.98. The minimum absolute atomic E-state index is 0.438. The number of pyridine rings is 1. The molecule has 0 radical (unpaired) electrons. The van der Waals surface area contributed by atoms with Gasteiger partial charge < -0.3 is 5.73 Å². The highest BCUT2D eigenvalue weighted by atomic mass is 15.3. The Kier molecular flexibility index (Phi) is 2.41. The van der Waals surface area contributed by atoms with Crippen molar-refractivity contribution in [1.29, 1.82) is 0 Å². The van der Waals surface area contributed by atoms with Crippen LogP contribution in [0.4, 0.5) is 5.82 Å². The molecule has 2 heterocycles. The molecule has 2 aromatic heterocycles. The van der Waals surface area contributed by atoms with Gasteiger partial charge >= 0.3 is 0 Å². The molecule has 0 spiro atoms. The maximum Gasteiger partial charge on any atom is 0.123 e. The van der Waals surface area contributed by atoms with Gasteiger partial charge in [-0.3, -0.25) is 0 Å². The standard InChI is InChI=1S/C11H14N4/c1-8(2)10-5-6-15(14-10)9-3-4-11(12)13-7-9/h3-8H,1-2H3,(H2,12,13). The Labute approximate surface area is 88.8 Å². The van der Waals surface area contributed by atoms with Gasteiger partial charge in [-0.05, 0) is 24.1 Å². The molecular formula is C11H14N4. The largest absolute Gasteiger partial charge is 0.384 e. The molecule has 2 N–H and O–H groups in total. The Balaban J connectivity index is 2.33. The molecule has 15 heavy (non-hydrogen) atoms. The van der Waals surface area contributed by atoms with Gasteiger partial charge in [-0.1, -0.05) is 13.8 Å². The lowest BCUT2D eigenvalue weighted by Crippen LogP contribution is -1.98. The summed E-state index contributed by atoms with van der Waals surface area (Å²) in [6.45, 7) is 4.24. The van der Waals surface area contributed by atoms with E-state index in [1.165, 1.54) is 0 Å². The molecule has 0 aliphatic carbocycles. The molecule has 78 valence electrons. The predicted octanol–water partition coefficient (Wildman–Crippen LogP) is 1.97. The van der Waals surface area contributed by atoms with Gasteiger partial charge in [-0.25, -0.2) is 9.67 Å². The molecule has 0 bridgehead atoms. The molecular weight excluding hydrogens is 188 g/mol. The molecule has 0 fully saturated rings. The quantitative estimate of drug-likeness (QED) is 0.810. The number of hydrogen-bond acceptors (Lipinski definition) is 3. The average molecular weight is 202 g/mol. The topological polar surface area (TPSA) is 56.7 Å². The monoisotopic (exact) mass is 202 g/mol. The highest BCUT2D eigenvalue weighted by Crippen LogP contribution is 2.13. The van der Waals surface area contributed by atoms with Gasteiger partial charge in [-0.15, -0.1) is 0 Å². The van der Waals surface area contributed by atoms with E-state index in [0.29, 0.717) is 11.7 Å². The van der Waals surface area contributed by atoms with Crippen LogP contribution in [0.5, 0.6) is 0 Å². The summed E-state index contributed by atoms with van der Waals surface area (Å²) in [5.74, 6) is 0.961. The van der Waals surface area contributed by atoms with Gasteiger partial charge in [0, 0.05) is 6.20 Å². The first-order chi connectivity index (χ1) is 7.16. The molecule has 0 unspecified atom stereocenters. The first-order valence-electron chi connectivity index (χ1n) is 4.94. The Hall–Kier alpha value is -1.84. The second-order valence-corrected chi connectivity index (χ2v) is 3.78. The summed E-state index contributed by atoms with van der Waals surface area (Å²) < 4.78 is 1.81. The molecule has 0 saturated carbocycles. The van der Waals surface area contributed by atoms with Crippen LogP contribution < -0.4 is 5.73 Å². The maximum absolute atomic E-state index is 5.52. The van der Waals surface area contributed by atoms with E-state index in [1.807, 2.05) is 23.0 Å². The first kappa shape index (κ1) is 9.71. The Morgan fingerprint density at radius 1 is 1.27 bits per heavy atom. The molecule has 4 nitrogen and oxygen atoms in total. The van der Waals surface area contributed by atoms with Crippen molar-refractivity contribution in [3.05, 3.63) is 36.3 Å². The second kappa shape index (κ2) is 3.73. The third-order valence-electron chi connectivity index (χ3n) is 2.24. The van der Waals surface area contributed by atoms with Crippen molar-refractivity contribution in [2.75, 3.05) is 5.73 Å². The van der Waals surface area contributed by atoms with Crippen LogP contribution in [0.1, 0.15) is 25.5 Å². The SMILES string of the molecule is CC(C)c1ccn(-c2ccc(N)nc2)n1. The fourth-order valence-electron chi connectivity index (χ4n) is 1.32. The van der Waals surface area contributed by atoms with Gasteiger partial charge in [0.1, 0.15) is 5.82 Å². The second-order valence-electron chi connectivity index (χ2n) is 3.78. The number of nitrogens with two attached hydrogens (primary N) is 1. The van der Waals surface area contributed by atoms with Crippen molar-refractivity contribution >= 4 is 5.82 Å². The van der Waals surface area contributed by atoms with Crippen LogP contribution in [0.15, 0.2) is 30.6 Å². The Bertz CT molecular complexity index is 442. The fourth-order valence-corrected chi connectivity index (χ4v) is 1.32. The van der Waals surface area contributed by atoms with Gasteiger partial charge in [0.05, 0.1) is 17.6 Å². The number of hydrogen-bond donors (Lipinski definition) is 1. The van der Waals surface area contributed by atoms with Crippen LogP contribution in [0.2, 0.25) is 0 Å². The zero-order valence-electron chi connectivity index (χ0n) is 8.88. The molecule has 4 heteroatoms. The summed E-state index contributed by atoms with van der Waals surface area (Å²) in [5, 5.41) is 4.45. The summed E-state index contributed by atoms with van der Waals surface area (Å²) in [7, 11) is 0. The molecule has 0 atom stereocenters. The number of aromatic nitrogens is 3. The normalized spacial score (nSPS) is 10.9. The van der Waals surface area contributed by atoms with Crippen molar-refractivity contribution in [2.45, 2.75) is 19.8 Å². The first-order valence-corrected chi connectivity index (χ1v) is 4.94. The average Bonchev–Trinajstić information content (AvgIpc) is 2.68. The lowest BCUT2D eigenvalue weighted by atomic mass is 10.1. The summed E-state index contributed by atoms with van der Waals surface area (Å²) in [6.07, 6.45) is 3.65. The lowest BCUT2D eigenvalue weighted by molar-refractivity contribution is 0.767. The fraction of sp³-hybridized carbons (Fsp3) is 0.273. The zero-order chi connectivity index (χ0) is 10.8. The van der Waals surface area contributed by atoms with Crippen molar-refractivity contribution < 1.29 is 0 Å². The number of anilines is 1. The van der Waals surface area contributed by atoms with Crippen molar-refractivity contribution in [2.24, 2.45) is 0 Å². The third-order valence-corrected chi connectivity index (χ3v) is 2.24. The van der Waals surface area contributed by atoms with Crippen LogP contribution in [0.3, 0.4) is 0 Å². The smallest absolute Gasteiger partial charge is 0.123 e. The highest BCUT2D eigenvalue weighted by Gasteiger charge is 2.04. The maximum atomic E-state index is 5.52. The summed E-state index contributed by atoms with van der Waals surface area (Å²) in [6, 6.07) is 5.69. The summed E-state index contributed by atoms with van der Waals surface area (Å²) in [4.78, 5) is 4.03. The molecule has 0 aliphatic rings. The van der Waals surface area contributed by atoms with E-state index in [0.717, 1.165) is 11.4 Å². The molecule has 0 saturated heterocycles. The van der Waals surface area contributed by atoms with Gasteiger partial charge in [0.15, 0.2) is 0 Å². The van der Waals surface area contributed by atoms with Crippen LogP contribution in [-0.4, -0.2) is 14.8 Å². The van der Waals surface area contributed by atoms with E-state index < -0.39 is 0 Å². The molecule has 2 rings (SSSR count). The van der Waals surface area contributed by atoms with Crippen LogP contribution >= 0.6 is 0 Å². The van der Waals surface area contributed by atoms with E-state index in [2.05, 4.69) is 23.9 Å². The van der Waals surface area contributed by atoms with Crippen LogP contribution in [0, 0.1) is 0 Å². The molecule has 0 aliphatic heterocycles. The van der Waals surface area contributed by atoms with Crippen molar-refractivity contribution in [3.8, 4) is 5.69 Å². The Morgan fingerprint density at radius 2 is 2.07 bits per heavy atom.